The summed E-state index contributed by atoms with van der Waals surface area (Å²) in [6.07, 6.45) is 1.67. The topological polar surface area (TPSA) is 49.4 Å². The molecule has 1 heterocycles. The quantitative estimate of drug-likeness (QED) is 0.695. The van der Waals surface area contributed by atoms with Gasteiger partial charge in [-0.1, -0.05) is 24.3 Å². The Kier molecular flexibility index (Phi) is 5.08. The van der Waals surface area contributed by atoms with Crippen molar-refractivity contribution in [2.24, 2.45) is 0 Å². The number of nitrogens with one attached hydrogen (secondary N) is 1. The second-order valence-electron chi connectivity index (χ2n) is 6.85. The molecule has 0 aliphatic carbocycles. The number of rotatable bonds is 3. The van der Waals surface area contributed by atoms with Gasteiger partial charge in [0.25, 0.3) is 11.8 Å². The Bertz CT molecular complexity index is 1080. The molecule has 1 aliphatic heterocycles. The van der Waals surface area contributed by atoms with Gasteiger partial charge < -0.3 is 10.2 Å². The third-order valence-corrected chi connectivity index (χ3v) is 4.90. The van der Waals surface area contributed by atoms with Crippen LogP contribution in [0.5, 0.6) is 0 Å². The molecule has 0 aromatic heterocycles. The molecule has 0 saturated heterocycles. The lowest BCUT2D eigenvalue weighted by molar-refractivity contribution is 0.0983. The molecular weight excluding hydrogens is 374 g/mol. The average Bonchev–Trinajstić information content (AvgIpc) is 2.73. The molecule has 4 nitrogen and oxygen atoms in total. The first-order valence-corrected chi connectivity index (χ1v) is 9.29. The fraction of sp³-hybridized carbons (Fsp3) is 0.130. The van der Waals surface area contributed by atoms with Crippen molar-refractivity contribution in [2.45, 2.75) is 12.8 Å². The van der Waals surface area contributed by atoms with E-state index in [0.29, 0.717) is 23.9 Å². The van der Waals surface area contributed by atoms with Crippen LogP contribution in [0.4, 0.5) is 20.2 Å². The zero-order valence-corrected chi connectivity index (χ0v) is 15.5. The van der Waals surface area contributed by atoms with Crippen LogP contribution in [-0.2, 0) is 6.42 Å². The highest BCUT2D eigenvalue weighted by Crippen LogP contribution is 2.31. The lowest BCUT2D eigenvalue weighted by Crippen LogP contribution is -2.35. The summed E-state index contributed by atoms with van der Waals surface area (Å²) < 4.78 is 27.0. The van der Waals surface area contributed by atoms with Gasteiger partial charge in [-0.25, -0.2) is 8.78 Å². The molecule has 3 aromatic rings. The monoisotopic (exact) mass is 392 g/mol. The molecule has 0 atom stereocenters. The maximum Gasteiger partial charge on any atom is 0.258 e. The van der Waals surface area contributed by atoms with Crippen LogP contribution in [0.3, 0.4) is 0 Å². The molecule has 146 valence electrons. The first-order chi connectivity index (χ1) is 14.0. The summed E-state index contributed by atoms with van der Waals surface area (Å²) >= 11 is 0. The number of hydrogen-bond acceptors (Lipinski definition) is 2. The van der Waals surface area contributed by atoms with Gasteiger partial charge in [-0.3, -0.25) is 9.59 Å². The Morgan fingerprint density at radius 1 is 0.931 bits per heavy atom. The number of benzene rings is 3. The van der Waals surface area contributed by atoms with E-state index in [1.807, 2.05) is 24.3 Å². The van der Waals surface area contributed by atoms with Crippen molar-refractivity contribution >= 4 is 23.2 Å². The molecule has 29 heavy (non-hydrogen) atoms. The second-order valence-corrected chi connectivity index (χ2v) is 6.85. The molecule has 1 N–H and O–H groups in total. The van der Waals surface area contributed by atoms with Crippen molar-refractivity contribution in [3.8, 4) is 0 Å². The van der Waals surface area contributed by atoms with Crippen molar-refractivity contribution in [1.29, 1.82) is 0 Å². The molecule has 4 rings (SSSR count). The molecule has 0 spiro atoms. The highest BCUT2D eigenvalue weighted by atomic mass is 19.1. The Balaban J connectivity index is 1.61. The highest BCUT2D eigenvalue weighted by Gasteiger charge is 2.24. The Morgan fingerprint density at radius 3 is 2.48 bits per heavy atom. The Morgan fingerprint density at radius 2 is 1.72 bits per heavy atom. The standard InChI is InChI=1S/C23H18F2N2O2/c24-17-9-11-19(20(25)13-17)22(28)26-18-10-8-15-7-4-12-27(21(15)14-18)23(29)16-5-2-1-3-6-16/h1-3,5-6,8-11,13-14H,4,7,12H2,(H,26,28). The molecule has 0 radical (unpaired) electrons. The van der Waals surface area contributed by atoms with Gasteiger partial charge in [-0.2, -0.15) is 0 Å². The van der Waals surface area contributed by atoms with Crippen LogP contribution < -0.4 is 10.2 Å². The lowest BCUT2D eigenvalue weighted by Gasteiger charge is -2.30. The second kappa shape index (κ2) is 7.83. The summed E-state index contributed by atoms with van der Waals surface area (Å²) in [5.41, 5.74) is 2.50. The number of nitrogens with zero attached hydrogens (tertiary/aromatic N) is 1. The van der Waals surface area contributed by atoms with Gasteiger partial charge in [0.2, 0.25) is 0 Å². The van der Waals surface area contributed by atoms with Crippen molar-refractivity contribution in [3.05, 3.63) is 95.1 Å². The molecule has 0 fully saturated rings. The van der Waals surface area contributed by atoms with Gasteiger partial charge in [0.05, 0.1) is 5.56 Å². The predicted octanol–water partition coefficient (Wildman–Crippen LogP) is 4.81. The van der Waals surface area contributed by atoms with E-state index >= 15 is 0 Å². The molecular formula is C23H18F2N2O2. The van der Waals surface area contributed by atoms with E-state index in [2.05, 4.69) is 5.32 Å². The smallest absolute Gasteiger partial charge is 0.258 e. The van der Waals surface area contributed by atoms with E-state index in [1.54, 1.807) is 29.2 Å². The van der Waals surface area contributed by atoms with Crippen LogP contribution in [0.25, 0.3) is 0 Å². The number of halogens is 2. The number of hydrogen-bond donors (Lipinski definition) is 1. The maximum absolute atomic E-state index is 13.9. The van der Waals surface area contributed by atoms with Crippen LogP contribution >= 0.6 is 0 Å². The minimum atomic E-state index is -0.929. The summed E-state index contributed by atoms with van der Waals surface area (Å²) in [6.45, 7) is 0.574. The minimum absolute atomic E-state index is 0.111. The molecule has 6 heteroatoms. The normalized spacial score (nSPS) is 13.0. The summed E-state index contributed by atoms with van der Waals surface area (Å²) in [5.74, 6) is -2.47. The fourth-order valence-electron chi connectivity index (χ4n) is 3.47. The van der Waals surface area contributed by atoms with Crippen molar-refractivity contribution < 1.29 is 18.4 Å². The number of fused-ring (bicyclic) bond motifs is 1. The SMILES string of the molecule is O=C(Nc1ccc2c(c1)N(C(=O)c1ccccc1)CCC2)c1ccc(F)cc1F. The minimum Gasteiger partial charge on any atom is -0.322 e. The van der Waals surface area contributed by atoms with E-state index in [4.69, 9.17) is 0 Å². The number of carbonyl (C=O) groups is 2. The fourth-order valence-corrected chi connectivity index (χ4v) is 3.47. The first kappa shape index (κ1) is 18.8. The number of aryl methyl sites for hydroxylation is 1. The molecule has 0 saturated carbocycles. The van der Waals surface area contributed by atoms with Crippen molar-refractivity contribution in [3.63, 3.8) is 0 Å². The zero-order valence-electron chi connectivity index (χ0n) is 15.5. The number of carbonyl (C=O) groups excluding carboxylic acids is 2. The van der Waals surface area contributed by atoms with Crippen LogP contribution in [0.15, 0.2) is 66.7 Å². The van der Waals surface area contributed by atoms with Crippen LogP contribution in [0.2, 0.25) is 0 Å². The molecule has 0 bridgehead atoms. The first-order valence-electron chi connectivity index (χ1n) is 9.29. The Hall–Kier alpha value is -3.54. The van der Waals surface area contributed by atoms with E-state index in [9.17, 15) is 18.4 Å². The van der Waals surface area contributed by atoms with Gasteiger partial charge in [0, 0.05) is 29.5 Å². The van der Waals surface area contributed by atoms with Gasteiger partial charge in [-0.15, -0.1) is 0 Å². The molecule has 0 unspecified atom stereocenters. The van der Waals surface area contributed by atoms with Gasteiger partial charge >= 0.3 is 0 Å². The average molecular weight is 392 g/mol. The molecule has 2 amide bonds. The predicted molar refractivity (Wildman–Crippen MR) is 107 cm³/mol. The van der Waals surface area contributed by atoms with Crippen molar-refractivity contribution in [2.75, 3.05) is 16.8 Å². The largest absolute Gasteiger partial charge is 0.322 e. The van der Waals surface area contributed by atoms with Crippen LogP contribution in [-0.4, -0.2) is 18.4 Å². The van der Waals surface area contributed by atoms with Gasteiger partial charge in [0.15, 0.2) is 0 Å². The third-order valence-electron chi connectivity index (χ3n) is 4.90. The van der Waals surface area contributed by atoms with E-state index in [-0.39, 0.29) is 11.5 Å². The number of anilines is 2. The molecule has 1 aliphatic rings. The van der Waals surface area contributed by atoms with Crippen LogP contribution in [0, 0.1) is 11.6 Å². The summed E-state index contributed by atoms with van der Waals surface area (Å²) in [6, 6.07) is 17.1. The number of amides is 2. The Labute approximate surface area is 166 Å². The summed E-state index contributed by atoms with van der Waals surface area (Å²) in [5, 5.41) is 2.63. The summed E-state index contributed by atoms with van der Waals surface area (Å²) in [4.78, 5) is 27.0. The third kappa shape index (κ3) is 3.87. The summed E-state index contributed by atoms with van der Waals surface area (Å²) in [7, 11) is 0. The lowest BCUT2D eigenvalue weighted by atomic mass is 10.00. The molecule has 3 aromatic carbocycles. The van der Waals surface area contributed by atoms with E-state index in [1.165, 1.54) is 0 Å². The van der Waals surface area contributed by atoms with E-state index in [0.717, 1.165) is 36.2 Å². The maximum atomic E-state index is 13.9. The zero-order chi connectivity index (χ0) is 20.4. The van der Waals surface area contributed by atoms with Crippen molar-refractivity contribution in [1.82, 2.24) is 0 Å². The van der Waals surface area contributed by atoms with E-state index < -0.39 is 17.5 Å². The van der Waals surface area contributed by atoms with Crippen LogP contribution in [0.1, 0.15) is 32.7 Å². The van der Waals surface area contributed by atoms with Gasteiger partial charge in [0.1, 0.15) is 11.6 Å². The van der Waals surface area contributed by atoms with Gasteiger partial charge in [-0.05, 0) is 54.8 Å². The highest BCUT2D eigenvalue weighted by molar-refractivity contribution is 6.08.